The van der Waals surface area contributed by atoms with E-state index in [4.69, 9.17) is 11.5 Å². The Morgan fingerprint density at radius 1 is 1.65 bits per heavy atom. The van der Waals surface area contributed by atoms with Gasteiger partial charge in [-0.25, -0.2) is 4.79 Å². The summed E-state index contributed by atoms with van der Waals surface area (Å²) in [4.78, 5) is 33.2. The Morgan fingerprint density at radius 3 is 2.82 bits per heavy atom. The molecule has 1 aliphatic rings. The summed E-state index contributed by atoms with van der Waals surface area (Å²) in [7, 11) is 0. The average molecular weight is 239 g/mol. The second-order valence-electron chi connectivity index (χ2n) is 3.55. The number of aliphatic carboxylic acids is 1. The van der Waals surface area contributed by atoms with Crippen molar-refractivity contribution in [3.8, 4) is 12.3 Å². The first-order valence-electron chi connectivity index (χ1n) is 5.01. The van der Waals surface area contributed by atoms with Gasteiger partial charge in [0.2, 0.25) is 11.8 Å². The minimum Gasteiger partial charge on any atom is -0.480 e. The number of carboxylic acid groups (broad SMARTS) is 1. The first-order chi connectivity index (χ1) is 8.04. The van der Waals surface area contributed by atoms with Crippen LogP contribution in [0, 0.1) is 12.3 Å². The molecule has 0 aliphatic carbocycles. The lowest BCUT2D eigenvalue weighted by atomic mass is 10.1. The van der Waals surface area contributed by atoms with Crippen LogP contribution in [-0.2, 0) is 14.4 Å². The molecule has 0 radical (unpaired) electrons. The third kappa shape index (κ3) is 3.77. The van der Waals surface area contributed by atoms with Crippen LogP contribution in [0.3, 0.4) is 0 Å². The quantitative estimate of drug-likeness (QED) is 0.411. The van der Waals surface area contributed by atoms with Gasteiger partial charge in [0.1, 0.15) is 12.1 Å². The number of carboxylic acids is 1. The predicted molar refractivity (Wildman–Crippen MR) is 57.8 cm³/mol. The average Bonchev–Trinajstić information content (AvgIpc) is 2.29. The summed E-state index contributed by atoms with van der Waals surface area (Å²) in [6.07, 6.45) is 4.92. The lowest BCUT2D eigenvalue weighted by Crippen LogP contribution is -2.59. The van der Waals surface area contributed by atoms with E-state index in [1.807, 2.05) is 0 Å². The van der Waals surface area contributed by atoms with E-state index in [1.54, 1.807) is 0 Å². The molecule has 0 spiro atoms. The number of terminal acetylenes is 1. The van der Waals surface area contributed by atoms with Crippen molar-refractivity contribution in [2.75, 3.05) is 13.1 Å². The summed E-state index contributed by atoms with van der Waals surface area (Å²) >= 11 is 0. The van der Waals surface area contributed by atoms with E-state index in [2.05, 4.69) is 21.9 Å². The maximum Gasteiger partial charge on any atom is 0.327 e. The van der Waals surface area contributed by atoms with Gasteiger partial charge in [-0.2, -0.15) is 0 Å². The first-order valence-corrected chi connectivity index (χ1v) is 5.01. The molecule has 1 heterocycles. The molecule has 2 amide bonds. The fourth-order valence-electron chi connectivity index (χ4n) is 1.34. The fourth-order valence-corrected chi connectivity index (χ4v) is 1.34. The molecule has 0 aromatic carbocycles. The van der Waals surface area contributed by atoms with Crippen LogP contribution in [0.1, 0.15) is 6.42 Å². The van der Waals surface area contributed by atoms with Crippen LogP contribution >= 0.6 is 0 Å². The predicted octanol–water partition coefficient (Wildman–Crippen LogP) is -2.33. The number of hydrogen-bond acceptors (Lipinski definition) is 4. The summed E-state index contributed by atoms with van der Waals surface area (Å²) in [6, 6.07) is -1.74. The molecule has 1 saturated heterocycles. The molecule has 7 nitrogen and oxygen atoms in total. The van der Waals surface area contributed by atoms with Crippen molar-refractivity contribution in [1.82, 2.24) is 16.0 Å². The van der Waals surface area contributed by atoms with Gasteiger partial charge in [0.25, 0.3) is 0 Å². The van der Waals surface area contributed by atoms with Gasteiger partial charge in [0.05, 0.1) is 6.54 Å². The normalized spacial score (nSPS) is 20.9. The molecule has 2 unspecified atom stereocenters. The summed E-state index contributed by atoms with van der Waals surface area (Å²) < 4.78 is 0. The van der Waals surface area contributed by atoms with Crippen LogP contribution in [0.25, 0.3) is 0 Å². The summed E-state index contributed by atoms with van der Waals surface area (Å²) in [6.45, 7) is 0.165. The molecule has 17 heavy (non-hydrogen) atoms. The van der Waals surface area contributed by atoms with E-state index in [1.165, 1.54) is 0 Å². The molecule has 0 saturated carbocycles. The van der Waals surface area contributed by atoms with Gasteiger partial charge >= 0.3 is 5.97 Å². The number of carbonyl (C=O) groups is 3. The smallest absolute Gasteiger partial charge is 0.327 e. The molecule has 1 rings (SSSR count). The summed E-state index contributed by atoms with van der Waals surface area (Å²) in [5, 5.41) is 16.3. The van der Waals surface area contributed by atoms with Crippen molar-refractivity contribution in [1.29, 1.82) is 0 Å². The monoisotopic (exact) mass is 239 g/mol. The number of hydrogen-bond donors (Lipinski definition) is 4. The molecule has 7 heteroatoms. The van der Waals surface area contributed by atoms with Crippen molar-refractivity contribution >= 4 is 17.8 Å². The molecular weight excluding hydrogens is 226 g/mol. The van der Waals surface area contributed by atoms with Gasteiger partial charge in [-0.05, 0) is 0 Å². The number of carbonyl (C=O) groups excluding carboxylic acids is 2. The SMILES string of the molecule is C#CCC(NC(=O)C1CNC(=O)CN1)C(=O)O. The molecule has 0 aromatic heterocycles. The second kappa shape index (κ2) is 5.86. The lowest BCUT2D eigenvalue weighted by molar-refractivity contribution is -0.142. The molecule has 4 N–H and O–H groups in total. The Hall–Kier alpha value is -2.07. The van der Waals surface area contributed by atoms with Crippen molar-refractivity contribution in [3.63, 3.8) is 0 Å². The highest BCUT2D eigenvalue weighted by molar-refractivity contribution is 5.89. The van der Waals surface area contributed by atoms with Crippen LogP contribution in [0.2, 0.25) is 0 Å². The van der Waals surface area contributed by atoms with Crippen molar-refractivity contribution in [2.45, 2.75) is 18.5 Å². The highest BCUT2D eigenvalue weighted by Crippen LogP contribution is 1.94. The Bertz CT molecular complexity index is 364. The van der Waals surface area contributed by atoms with Gasteiger partial charge in [-0.3, -0.25) is 14.9 Å². The maximum atomic E-state index is 11.6. The second-order valence-corrected chi connectivity index (χ2v) is 3.55. The van der Waals surface area contributed by atoms with Crippen molar-refractivity contribution < 1.29 is 19.5 Å². The number of piperazine rings is 1. The molecule has 0 bridgehead atoms. The van der Waals surface area contributed by atoms with Crippen LogP contribution in [0.5, 0.6) is 0 Å². The van der Waals surface area contributed by atoms with E-state index in [9.17, 15) is 14.4 Å². The maximum absolute atomic E-state index is 11.6. The number of nitrogens with one attached hydrogen (secondary N) is 3. The molecule has 1 aliphatic heterocycles. The third-order valence-electron chi connectivity index (χ3n) is 2.27. The Balaban J connectivity index is 2.50. The van der Waals surface area contributed by atoms with Gasteiger partial charge < -0.3 is 15.7 Å². The third-order valence-corrected chi connectivity index (χ3v) is 2.27. The van der Waals surface area contributed by atoms with E-state index in [-0.39, 0.29) is 25.4 Å². The topological polar surface area (TPSA) is 108 Å². The van der Waals surface area contributed by atoms with Crippen LogP contribution < -0.4 is 16.0 Å². The van der Waals surface area contributed by atoms with Gasteiger partial charge in [0, 0.05) is 13.0 Å². The van der Waals surface area contributed by atoms with Crippen LogP contribution in [0.4, 0.5) is 0 Å². The highest BCUT2D eigenvalue weighted by Gasteiger charge is 2.27. The van der Waals surface area contributed by atoms with Gasteiger partial charge in [-0.1, -0.05) is 0 Å². The summed E-state index contributed by atoms with van der Waals surface area (Å²) in [5.74, 6) is 0.300. The molecule has 92 valence electrons. The Labute approximate surface area is 97.9 Å². The lowest BCUT2D eigenvalue weighted by Gasteiger charge is -2.24. The van der Waals surface area contributed by atoms with Gasteiger partial charge in [-0.15, -0.1) is 12.3 Å². The van der Waals surface area contributed by atoms with Gasteiger partial charge in [0.15, 0.2) is 0 Å². The van der Waals surface area contributed by atoms with E-state index >= 15 is 0 Å². The number of amides is 2. The minimum absolute atomic E-state index is 0.0327. The number of rotatable bonds is 4. The standard InChI is InChI=1S/C10H13N3O4/c1-2-3-6(10(16)17)13-9(15)7-4-12-8(14)5-11-7/h1,6-7,11H,3-5H2,(H,12,14)(H,13,15)(H,16,17). The summed E-state index contributed by atoms with van der Waals surface area (Å²) in [5.41, 5.74) is 0. The van der Waals surface area contributed by atoms with Crippen molar-refractivity contribution in [2.24, 2.45) is 0 Å². The zero-order valence-corrected chi connectivity index (χ0v) is 9.03. The largest absolute Gasteiger partial charge is 0.480 e. The fraction of sp³-hybridized carbons (Fsp3) is 0.500. The molecule has 0 aromatic rings. The van der Waals surface area contributed by atoms with E-state index in [0.29, 0.717) is 0 Å². The zero-order chi connectivity index (χ0) is 12.8. The Kier molecular flexibility index (Phi) is 4.48. The zero-order valence-electron chi connectivity index (χ0n) is 9.03. The van der Waals surface area contributed by atoms with Crippen LogP contribution in [-0.4, -0.2) is 48.1 Å². The van der Waals surface area contributed by atoms with E-state index in [0.717, 1.165) is 0 Å². The molecule has 2 atom stereocenters. The van der Waals surface area contributed by atoms with Crippen LogP contribution in [0.15, 0.2) is 0 Å². The first kappa shape index (κ1) is 13.0. The van der Waals surface area contributed by atoms with Crippen molar-refractivity contribution in [3.05, 3.63) is 0 Å². The minimum atomic E-state index is -1.18. The highest BCUT2D eigenvalue weighted by atomic mass is 16.4. The molecular formula is C10H13N3O4. The Morgan fingerprint density at radius 2 is 2.35 bits per heavy atom. The molecule has 1 fully saturated rings. The van der Waals surface area contributed by atoms with E-state index < -0.39 is 24.0 Å².